The molecule has 20 heavy (non-hydrogen) atoms. The van der Waals surface area contributed by atoms with E-state index in [9.17, 15) is 4.79 Å². The largest absolute Gasteiger partial charge is 0.336 e. The fraction of sp³-hybridized carbons (Fsp3) is 0.562. The second kappa shape index (κ2) is 5.19. The lowest BCUT2D eigenvalue weighted by Crippen LogP contribution is -2.47. The monoisotopic (exact) mass is 273 g/mol. The molecule has 1 aromatic rings. The smallest absolute Gasteiger partial charge is 0.253 e. The zero-order chi connectivity index (χ0) is 14.2. The molecule has 1 heterocycles. The predicted octanol–water partition coefficient (Wildman–Crippen LogP) is 1.11. The van der Waals surface area contributed by atoms with E-state index in [1.165, 1.54) is 5.56 Å². The molecule has 0 spiro atoms. The highest BCUT2D eigenvalue weighted by atomic mass is 16.2. The first-order valence-corrected chi connectivity index (χ1v) is 7.41. The van der Waals surface area contributed by atoms with Crippen molar-refractivity contribution >= 4 is 5.91 Å². The molecule has 1 aliphatic heterocycles. The summed E-state index contributed by atoms with van der Waals surface area (Å²) in [7, 11) is 2.10. The molecular formula is C16H23N3O. The van der Waals surface area contributed by atoms with Crippen molar-refractivity contribution in [3.63, 3.8) is 0 Å². The summed E-state index contributed by atoms with van der Waals surface area (Å²) in [6.07, 6.45) is 3.09. The number of hydrogen-bond acceptors (Lipinski definition) is 3. The number of benzene rings is 1. The average Bonchev–Trinajstić information content (AvgIpc) is 3.16. The van der Waals surface area contributed by atoms with Crippen molar-refractivity contribution < 1.29 is 4.79 Å². The third-order valence-electron chi connectivity index (χ3n) is 4.41. The number of nitrogens with zero attached hydrogens (tertiary/aromatic N) is 2. The van der Waals surface area contributed by atoms with Gasteiger partial charge in [0.05, 0.1) is 0 Å². The van der Waals surface area contributed by atoms with E-state index in [-0.39, 0.29) is 11.4 Å². The third-order valence-corrected chi connectivity index (χ3v) is 4.41. The van der Waals surface area contributed by atoms with Gasteiger partial charge < -0.3 is 15.5 Å². The summed E-state index contributed by atoms with van der Waals surface area (Å²) in [4.78, 5) is 16.7. The van der Waals surface area contributed by atoms with Crippen molar-refractivity contribution in [2.24, 2.45) is 5.73 Å². The normalized spacial score (nSPS) is 21.8. The van der Waals surface area contributed by atoms with Crippen LogP contribution in [0.5, 0.6) is 0 Å². The first kappa shape index (κ1) is 13.6. The maximum Gasteiger partial charge on any atom is 0.253 e. The van der Waals surface area contributed by atoms with E-state index in [1.54, 1.807) is 0 Å². The van der Waals surface area contributed by atoms with Gasteiger partial charge in [0.15, 0.2) is 0 Å². The summed E-state index contributed by atoms with van der Waals surface area (Å²) in [5.41, 5.74) is 8.14. The Kier molecular flexibility index (Phi) is 3.52. The molecule has 0 bridgehead atoms. The number of carbonyl (C=O) groups excluding carboxylic acids is 1. The van der Waals surface area contributed by atoms with Crippen LogP contribution in [-0.2, 0) is 6.42 Å². The molecule has 4 nitrogen and oxygen atoms in total. The zero-order valence-corrected chi connectivity index (χ0v) is 12.1. The van der Waals surface area contributed by atoms with Gasteiger partial charge in [0.25, 0.3) is 5.91 Å². The molecule has 0 unspecified atom stereocenters. The first-order chi connectivity index (χ1) is 9.56. The fourth-order valence-corrected chi connectivity index (χ4v) is 2.75. The fourth-order valence-electron chi connectivity index (χ4n) is 2.75. The topological polar surface area (TPSA) is 49.6 Å². The van der Waals surface area contributed by atoms with Gasteiger partial charge in [-0.3, -0.25) is 4.79 Å². The van der Waals surface area contributed by atoms with Gasteiger partial charge in [-0.25, -0.2) is 0 Å². The molecule has 2 N–H and O–H groups in total. The summed E-state index contributed by atoms with van der Waals surface area (Å²) < 4.78 is 0. The van der Waals surface area contributed by atoms with Gasteiger partial charge in [-0.1, -0.05) is 12.1 Å². The predicted molar refractivity (Wildman–Crippen MR) is 79.7 cm³/mol. The van der Waals surface area contributed by atoms with Crippen LogP contribution < -0.4 is 5.73 Å². The van der Waals surface area contributed by atoms with E-state index < -0.39 is 0 Å². The zero-order valence-electron chi connectivity index (χ0n) is 12.1. The quantitative estimate of drug-likeness (QED) is 0.897. The highest BCUT2D eigenvalue weighted by Crippen LogP contribution is 2.35. The molecule has 108 valence electrons. The van der Waals surface area contributed by atoms with E-state index in [0.717, 1.165) is 51.0 Å². The van der Waals surface area contributed by atoms with Crippen LogP contribution in [0.4, 0.5) is 0 Å². The molecule has 1 saturated heterocycles. The van der Waals surface area contributed by atoms with Gasteiger partial charge >= 0.3 is 0 Å². The Balaban J connectivity index is 1.69. The molecule has 4 heteroatoms. The van der Waals surface area contributed by atoms with E-state index in [1.807, 2.05) is 23.1 Å². The highest BCUT2D eigenvalue weighted by molar-refractivity contribution is 5.94. The summed E-state index contributed by atoms with van der Waals surface area (Å²) in [6.45, 7) is 3.55. The molecule has 1 amide bonds. The summed E-state index contributed by atoms with van der Waals surface area (Å²) in [5.74, 6) is 0.154. The van der Waals surface area contributed by atoms with Crippen LogP contribution in [0.25, 0.3) is 0 Å². The Morgan fingerprint density at radius 2 is 1.95 bits per heavy atom. The van der Waals surface area contributed by atoms with Crippen molar-refractivity contribution in [2.75, 3.05) is 33.2 Å². The van der Waals surface area contributed by atoms with E-state index in [2.05, 4.69) is 18.0 Å². The maximum atomic E-state index is 12.5. The molecule has 2 fully saturated rings. The molecule has 0 radical (unpaired) electrons. The summed E-state index contributed by atoms with van der Waals surface area (Å²) in [6, 6.07) is 7.99. The van der Waals surface area contributed by atoms with Crippen LogP contribution >= 0.6 is 0 Å². The second-order valence-electron chi connectivity index (χ2n) is 6.34. The second-order valence-corrected chi connectivity index (χ2v) is 6.34. The molecule has 0 aromatic heterocycles. The van der Waals surface area contributed by atoms with Crippen LogP contribution in [0.2, 0.25) is 0 Å². The number of rotatable bonds is 3. The summed E-state index contributed by atoms with van der Waals surface area (Å²) in [5, 5.41) is 0. The van der Waals surface area contributed by atoms with Crippen LogP contribution in [0.1, 0.15) is 28.8 Å². The van der Waals surface area contributed by atoms with Gasteiger partial charge in [0.2, 0.25) is 0 Å². The van der Waals surface area contributed by atoms with Crippen LogP contribution in [-0.4, -0.2) is 54.5 Å². The van der Waals surface area contributed by atoms with Crippen LogP contribution in [0.3, 0.4) is 0 Å². The number of piperazine rings is 1. The van der Waals surface area contributed by atoms with E-state index in [0.29, 0.717) is 0 Å². The molecule has 2 aliphatic rings. The van der Waals surface area contributed by atoms with Gasteiger partial charge in [-0.2, -0.15) is 0 Å². The first-order valence-electron chi connectivity index (χ1n) is 7.41. The number of nitrogens with two attached hydrogens (primary N) is 1. The standard InChI is InChI=1S/C16H23N3O/c1-18-7-9-19(10-8-18)15(20)14-4-2-3-13(11-14)12-16(17)5-6-16/h2-4,11H,5-10,12,17H2,1H3. The van der Waals surface area contributed by atoms with Gasteiger partial charge in [-0.15, -0.1) is 0 Å². The van der Waals surface area contributed by atoms with Crippen molar-refractivity contribution in [1.82, 2.24) is 9.80 Å². The van der Waals surface area contributed by atoms with Gasteiger partial charge in [0, 0.05) is 37.3 Å². The van der Waals surface area contributed by atoms with Gasteiger partial charge in [-0.05, 0) is 44.0 Å². The lowest BCUT2D eigenvalue weighted by molar-refractivity contribution is 0.0664. The molecule has 0 atom stereocenters. The molecule has 1 aliphatic carbocycles. The van der Waals surface area contributed by atoms with Crippen molar-refractivity contribution in [3.05, 3.63) is 35.4 Å². The average molecular weight is 273 g/mol. The Hall–Kier alpha value is -1.39. The molecule has 1 aromatic carbocycles. The highest BCUT2D eigenvalue weighted by Gasteiger charge is 2.38. The molecule has 1 saturated carbocycles. The number of carbonyl (C=O) groups is 1. The van der Waals surface area contributed by atoms with Crippen molar-refractivity contribution in [2.45, 2.75) is 24.8 Å². The van der Waals surface area contributed by atoms with E-state index in [4.69, 9.17) is 5.73 Å². The number of amides is 1. The molecule has 3 rings (SSSR count). The number of hydrogen-bond donors (Lipinski definition) is 1. The van der Waals surface area contributed by atoms with E-state index >= 15 is 0 Å². The summed E-state index contributed by atoms with van der Waals surface area (Å²) >= 11 is 0. The number of likely N-dealkylation sites (N-methyl/N-ethyl adjacent to an activating group) is 1. The van der Waals surface area contributed by atoms with Crippen molar-refractivity contribution in [1.29, 1.82) is 0 Å². The lowest BCUT2D eigenvalue weighted by atomic mass is 10.0. The Labute approximate surface area is 120 Å². The van der Waals surface area contributed by atoms with Gasteiger partial charge in [0.1, 0.15) is 0 Å². The third kappa shape index (κ3) is 3.02. The minimum atomic E-state index is -0.00446. The van der Waals surface area contributed by atoms with Crippen molar-refractivity contribution in [3.8, 4) is 0 Å². The maximum absolute atomic E-state index is 12.5. The minimum absolute atomic E-state index is 0.00446. The van der Waals surface area contributed by atoms with Crippen LogP contribution in [0, 0.1) is 0 Å². The van der Waals surface area contributed by atoms with Crippen LogP contribution in [0.15, 0.2) is 24.3 Å². The Bertz CT molecular complexity index is 502. The Morgan fingerprint density at radius 3 is 2.60 bits per heavy atom. The lowest BCUT2D eigenvalue weighted by Gasteiger charge is -2.32. The minimum Gasteiger partial charge on any atom is -0.336 e. The SMILES string of the molecule is CN1CCN(C(=O)c2cccc(CC3(N)CC3)c2)CC1. The molecular weight excluding hydrogens is 250 g/mol. The Morgan fingerprint density at radius 1 is 1.25 bits per heavy atom.